The van der Waals surface area contributed by atoms with Crippen LogP contribution in [0.1, 0.15) is 78.6 Å². The van der Waals surface area contributed by atoms with Gasteiger partial charge in [0, 0.05) is 13.0 Å². The van der Waals surface area contributed by atoms with Crippen molar-refractivity contribution in [1.29, 1.82) is 0 Å². The molecule has 4 aliphatic rings. The van der Waals surface area contributed by atoms with E-state index in [0.29, 0.717) is 18.8 Å². The molecule has 0 heterocycles. The molecule has 5 N–H and O–H groups in total. The van der Waals surface area contributed by atoms with Crippen molar-refractivity contribution in [2.24, 2.45) is 46.3 Å². The molecule has 4 fully saturated rings. The molecule has 4 aliphatic carbocycles. The standard InChI is InChI=1S/C26H45NO7S.Na.H/c1-15(4-7-23(31)27-10-11-35(32,33)34)18-5-6-19-24-20(14-22(30)26(18,19)3)25(2)9-8-17(28)12-16(25)13-21(24)29;;/h15-22,24,28-30H,4-14H2,1-3H3,(H,27,31)(H,32,33,34);;/t15-,16+,17-,18-,19+,20+,21-,22+,24+,25+,26-;;/m1../s1. The number of carbonyl (C=O) groups excluding carboxylic acids is 1. The zero-order valence-corrected chi connectivity index (χ0v) is 22.2. The van der Waals surface area contributed by atoms with Crippen LogP contribution in [0.15, 0.2) is 0 Å². The minimum atomic E-state index is -4.10. The van der Waals surface area contributed by atoms with Crippen molar-refractivity contribution in [2.75, 3.05) is 12.3 Å². The van der Waals surface area contributed by atoms with Gasteiger partial charge in [0.25, 0.3) is 10.1 Å². The van der Waals surface area contributed by atoms with Crippen LogP contribution in [0.3, 0.4) is 0 Å². The van der Waals surface area contributed by atoms with Gasteiger partial charge in [-0.3, -0.25) is 9.35 Å². The van der Waals surface area contributed by atoms with Gasteiger partial charge in [-0.1, -0.05) is 20.8 Å². The number of hydrogen-bond donors (Lipinski definition) is 5. The van der Waals surface area contributed by atoms with Crippen LogP contribution in [0.2, 0.25) is 0 Å². The third-order valence-corrected chi connectivity index (χ3v) is 11.7. The summed E-state index contributed by atoms with van der Waals surface area (Å²) in [5.41, 5.74) is -0.254. The SMILES string of the molecule is C[C@H](CCC(=O)NCCS(=O)(=O)O)[C@H]1CC[C@H]2[C@@H]3[C@H](O)C[C@@H]4C[C@H](O)CC[C@]4(C)[C@H]3C[C@H](O)[C@]12C.[NaH]. The van der Waals surface area contributed by atoms with E-state index in [1.165, 1.54) is 0 Å². The molecule has 8 nitrogen and oxygen atoms in total. The fraction of sp³-hybridized carbons (Fsp3) is 0.962. The quantitative estimate of drug-likeness (QED) is 0.245. The van der Waals surface area contributed by atoms with Crippen molar-refractivity contribution < 1.29 is 33.1 Å². The number of aliphatic hydroxyl groups is 3. The van der Waals surface area contributed by atoms with E-state index in [0.717, 1.165) is 38.5 Å². The van der Waals surface area contributed by atoms with Gasteiger partial charge in [-0.05, 0) is 97.7 Å². The molecule has 4 saturated carbocycles. The molecular weight excluding hydrogens is 493 g/mol. The van der Waals surface area contributed by atoms with E-state index in [-0.39, 0.29) is 95.0 Å². The van der Waals surface area contributed by atoms with Crippen LogP contribution in [0.25, 0.3) is 0 Å². The number of nitrogens with one attached hydrogen (secondary N) is 1. The normalized spacial score (nSPS) is 45.0. The molecule has 0 aliphatic heterocycles. The number of rotatable bonds is 7. The first-order valence-corrected chi connectivity index (χ1v) is 15.1. The summed E-state index contributed by atoms with van der Waals surface area (Å²) in [6, 6.07) is 0. The van der Waals surface area contributed by atoms with Crippen molar-refractivity contribution in [3.63, 3.8) is 0 Å². The second-order valence-corrected chi connectivity index (χ2v) is 14.2. The van der Waals surface area contributed by atoms with Crippen molar-refractivity contribution in [3.05, 3.63) is 0 Å². The Morgan fingerprint density at radius 3 is 2.42 bits per heavy atom. The molecule has 11 atom stereocenters. The number of aliphatic hydroxyl groups excluding tert-OH is 3. The van der Waals surface area contributed by atoms with E-state index < -0.39 is 28.1 Å². The summed E-state index contributed by atoms with van der Waals surface area (Å²) < 4.78 is 30.5. The summed E-state index contributed by atoms with van der Waals surface area (Å²) in [5.74, 6) is 0.705. The van der Waals surface area contributed by atoms with Crippen molar-refractivity contribution in [3.8, 4) is 0 Å². The summed E-state index contributed by atoms with van der Waals surface area (Å²) >= 11 is 0. The Hall–Kier alpha value is 0.260. The predicted molar refractivity (Wildman–Crippen MR) is 139 cm³/mol. The Morgan fingerprint density at radius 2 is 1.75 bits per heavy atom. The fourth-order valence-electron chi connectivity index (χ4n) is 9.10. The third kappa shape index (κ3) is 5.74. The molecule has 0 aromatic heterocycles. The molecular formula is C26H46NNaO7S. The summed E-state index contributed by atoms with van der Waals surface area (Å²) in [7, 11) is -4.10. The Kier molecular flexibility index (Phi) is 9.75. The van der Waals surface area contributed by atoms with Crippen LogP contribution in [-0.4, -0.2) is 94.4 Å². The van der Waals surface area contributed by atoms with E-state index >= 15 is 0 Å². The monoisotopic (exact) mass is 539 g/mol. The maximum absolute atomic E-state index is 12.2. The molecule has 0 bridgehead atoms. The van der Waals surface area contributed by atoms with Crippen LogP contribution < -0.4 is 5.32 Å². The second kappa shape index (κ2) is 11.4. The average Bonchev–Trinajstić information content (AvgIpc) is 3.12. The first kappa shape index (κ1) is 30.8. The number of amides is 1. The van der Waals surface area contributed by atoms with Gasteiger partial charge in [-0.25, -0.2) is 0 Å². The molecule has 36 heavy (non-hydrogen) atoms. The van der Waals surface area contributed by atoms with Gasteiger partial charge in [-0.2, -0.15) is 8.42 Å². The van der Waals surface area contributed by atoms with E-state index in [4.69, 9.17) is 4.55 Å². The molecule has 1 amide bonds. The summed E-state index contributed by atoms with van der Waals surface area (Å²) in [6.45, 7) is 6.56. The van der Waals surface area contributed by atoms with Gasteiger partial charge in [0.05, 0.1) is 24.1 Å². The molecule has 10 heteroatoms. The van der Waals surface area contributed by atoms with Crippen molar-refractivity contribution in [2.45, 2.75) is 96.9 Å². The minimum absolute atomic E-state index is 0. The molecule has 4 rings (SSSR count). The first-order valence-electron chi connectivity index (χ1n) is 13.5. The van der Waals surface area contributed by atoms with Gasteiger partial charge < -0.3 is 20.6 Å². The molecule has 0 radical (unpaired) electrons. The molecule has 204 valence electrons. The predicted octanol–water partition coefficient (Wildman–Crippen LogP) is 1.72. The number of hydrogen-bond acceptors (Lipinski definition) is 6. The van der Waals surface area contributed by atoms with E-state index in [9.17, 15) is 28.5 Å². The number of fused-ring (bicyclic) bond motifs is 5. The molecule has 0 saturated heterocycles. The number of carbonyl (C=O) groups is 1. The zero-order valence-electron chi connectivity index (χ0n) is 21.4. The van der Waals surface area contributed by atoms with Crippen LogP contribution in [0, 0.1) is 46.3 Å². The third-order valence-electron chi connectivity index (χ3n) is 11.0. The molecule has 0 unspecified atom stereocenters. The van der Waals surface area contributed by atoms with Gasteiger partial charge in [0.2, 0.25) is 5.91 Å². The Labute approximate surface area is 238 Å². The van der Waals surface area contributed by atoms with Crippen LogP contribution in [0.5, 0.6) is 0 Å². The van der Waals surface area contributed by atoms with Crippen LogP contribution in [0.4, 0.5) is 0 Å². The van der Waals surface area contributed by atoms with Crippen molar-refractivity contribution in [1.82, 2.24) is 5.32 Å². The average molecular weight is 540 g/mol. The van der Waals surface area contributed by atoms with Gasteiger partial charge in [-0.15, -0.1) is 0 Å². The van der Waals surface area contributed by atoms with Crippen molar-refractivity contribution >= 4 is 45.6 Å². The topological polar surface area (TPSA) is 144 Å². The summed E-state index contributed by atoms with van der Waals surface area (Å²) in [6.07, 6.45) is 5.67. The molecule has 0 aromatic rings. The maximum atomic E-state index is 12.2. The van der Waals surface area contributed by atoms with E-state index in [2.05, 4.69) is 26.1 Å². The Bertz CT molecular complexity index is 903. The molecule has 0 spiro atoms. The summed E-state index contributed by atoms with van der Waals surface area (Å²) in [5, 5.41) is 35.8. The van der Waals surface area contributed by atoms with Gasteiger partial charge in [0.15, 0.2) is 0 Å². The second-order valence-electron chi connectivity index (χ2n) is 12.7. The summed E-state index contributed by atoms with van der Waals surface area (Å²) in [4.78, 5) is 12.2. The Morgan fingerprint density at radius 1 is 1.06 bits per heavy atom. The van der Waals surface area contributed by atoms with Gasteiger partial charge in [0.1, 0.15) is 0 Å². The van der Waals surface area contributed by atoms with Gasteiger partial charge >= 0.3 is 29.6 Å². The first-order chi connectivity index (χ1) is 16.3. The van der Waals surface area contributed by atoms with E-state index in [1.807, 2.05) is 0 Å². The van der Waals surface area contributed by atoms with Crippen LogP contribution >= 0.6 is 0 Å². The molecule has 0 aromatic carbocycles. The van der Waals surface area contributed by atoms with E-state index in [1.54, 1.807) is 0 Å². The fourth-order valence-corrected chi connectivity index (χ4v) is 9.46. The Balaban J connectivity index is 0.00000361. The van der Waals surface area contributed by atoms with Crippen LogP contribution in [-0.2, 0) is 14.9 Å². The zero-order chi connectivity index (χ0) is 25.8.